The van der Waals surface area contributed by atoms with Gasteiger partial charge in [0.05, 0.1) is 4.90 Å². The Morgan fingerprint density at radius 3 is 2.45 bits per heavy atom. The van der Waals surface area contributed by atoms with E-state index in [2.05, 4.69) is 5.32 Å². The van der Waals surface area contributed by atoms with Gasteiger partial charge >= 0.3 is 0 Å². The number of rotatable bonds is 7. The minimum absolute atomic E-state index is 0.0958. The fraction of sp³-hybridized carbons (Fsp3) is 0.625. The fourth-order valence-electron chi connectivity index (χ4n) is 2.90. The molecule has 2 atom stereocenters. The summed E-state index contributed by atoms with van der Waals surface area (Å²) in [5.41, 5.74) is 0. The normalized spacial score (nSPS) is 22.6. The summed E-state index contributed by atoms with van der Waals surface area (Å²) in [4.78, 5) is 0.335. The third-order valence-electron chi connectivity index (χ3n) is 4.10. The van der Waals surface area contributed by atoms with E-state index in [0.717, 1.165) is 13.1 Å². The van der Waals surface area contributed by atoms with Crippen LogP contribution in [-0.4, -0.2) is 50.6 Å². The van der Waals surface area contributed by atoms with Crippen LogP contribution in [0.4, 0.5) is 0 Å². The Labute approximate surface area is 133 Å². The molecule has 0 amide bonds. The van der Waals surface area contributed by atoms with E-state index in [-0.39, 0.29) is 24.4 Å². The van der Waals surface area contributed by atoms with E-state index < -0.39 is 10.0 Å². The number of benzene rings is 1. The van der Waals surface area contributed by atoms with Gasteiger partial charge in [-0.25, -0.2) is 8.42 Å². The molecular formula is C16H26N2O3S. The Balaban J connectivity index is 2.22. The van der Waals surface area contributed by atoms with Crippen molar-refractivity contribution in [2.24, 2.45) is 17.8 Å². The van der Waals surface area contributed by atoms with Gasteiger partial charge in [-0.05, 0) is 36.4 Å². The van der Waals surface area contributed by atoms with Gasteiger partial charge in [-0.15, -0.1) is 0 Å². The summed E-state index contributed by atoms with van der Waals surface area (Å²) in [5, 5.41) is 12.7. The van der Waals surface area contributed by atoms with Crippen molar-refractivity contribution in [2.75, 3.05) is 32.8 Å². The number of aliphatic hydroxyl groups is 1. The standard InChI is InChI=1S/C16H26N2O3S/c1-13(2)10-18(11-14-8-17-9-15(14)12-19)22(20,21)16-6-4-3-5-7-16/h3-7,13-15,17,19H,8-12H2,1-2H3/t14-,15-/m0/s1. The highest BCUT2D eigenvalue weighted by Gasteiger charge is 2.33. The van der Waals surface area contributed by atoms with Gasteiger partial charge in [-0.1, -0.05) is 32.0 Å². The molecule has 1 aromatic rings. The van der Waals surface area contributed by atoms with Crippen molar-refractivity contribution in [1.29, 1.82) is 0 Å². The number of nitrogens with one attached hydrogen (secondary N) is 1. The van der Waals surface area contributed by atoms with Crippen molar-refractivity contribution in [3.05, 3.63) is 30.3 Å². The van der Waals surface area contributed by atoms with Crippen LogP contribution in [0.25, 0.3) is 0 Å². The Bertz CT molecular complexity index is 560. The zero-order valence-electron chi connectivity index (χ0n) is 13.3. The highest BCUT2D eigenvalue weighted by molar-refractivity contribution is 7.89. The summed E-state index contributed by atoms with van der Waals surface area (Å²) in [5.74, 6) is 0.531. The van der Waals surface area contributed by atoms with Gasteiger partial charge in [0.15, 0.2) is 0 Å². The third-order valence-corrected chi connectivity index (χ3v) is 5.95. The van der Waals surface area contributed by atoms with E-state index in [1.54, 1.807) is 28.6 Å². The molecule has 1 saturated heterocycles. The molecule has 0 aromatic heterocycles. The molecule has 1 aliphatic rings. The van der Waals surface area contributed by atoms with Crippen LogP contribution in [0.1, 0.15) is 13.8 Å². The first-order valence-corrected chi connectivity index (χ1v) is 9.26. The maximum atomic E-state index is 12.9. The molecule has 2 N–H and O–H groups in total. The predicted octanol–water partition coefficient (Wildman–Crippen LogP) is 1.16. The van der Waals surface area contributed by atoms with Crippen LogP contribution in [0.5, 0.6) is 0 Å². The molecule has 6 heteroatoms. The molecule has 0 radical (unpaired) electrons. The molecule has 0 saturated carbocycles. The lowest BCUT2D eigenvalue weighted by Gasteiger charge is -2.28. The molecule has 0 bridgehead atoms. The Hall–Kier alpha value is -0.950. The molecule has 0 spiro atoms. The fourth-order valence-corrected chi connectivity index (χ4v) is 4.58. The van der Waals surface area contributed by atoms with E-state index in [0.29, 0.717) is 18.0 Å². The first-order chi connectivity index (χ1) is 10.4. The molecule has 1 heterocycles. The molecule has 0 aliphatic carbocycles. The first-order valence-electron chi connectivity index (χ1n) is 7.82. The second-order valence-corrected chi connectivity index (χ2v) is 8.33. The molecule has 1 fully saturated rings. The van der Waals surface area contributed by atoms with E-state index in [4.69, 9.17) is 0 Å². The van der Waals surface area contributed by atoms with Gasteiger partial charge in [0.1, 0.15) is 0 Å². The summed E-state index contributed by atoms with van der Waals surface area (Å²) in [6.07, 6.45) is 0. The summed E-state index contributed by atoms with van der Waals surface area (Å²) in [6.45, 7) is 6.58. The lowest BCUT2D eigenvalue weighted by atomic mass is 9.97. The summed E-state index contributed by atoms with van der Waals surface area (Å²) < 4.78 is 27.4. The minimum atomic E-state index is -3.49. The van der Waals surface area contributed by atoms with Crippen LogP contribution < -0.4 is 5.32 Å². The van der Waals surface area contributed by atoms with Crippen molar-refractivity contribution in [3.63, 3.8) is 0 Å². The quantitative estimate of drug-likeness (QED) is 0.789. The van der Waals surface area contributed by atoms with Crippen LogP contribution in [0.3, 0.4) is 0 Å². The number of sulfonamides is 1. The van der Waals surface area contributed by atoms with E-state index in [1.165, 1.54) is 0 Å². The Kier molecular flexibility index (Phi) is 5.97. The van der Waals surface area contributed by atoms with Gasteiger partial charge in [0, 0.05) is 26.2 Å². The predicted molar refractivity (Wildman–Crippen MR) is 87.0 cm³/mol. The van der Waals surface area contributed by atoms with Crippen LogP contribution in [0.2, 0.25) is 0 Å². The molecule has 2 rings (SSSR count). The van der Waals surface area contributed by atoms with E-state index in [1.807, 2.05) is 19.9 Å². The van der Waals surface area contributed by atoms with Crippen LogP contribution in [0, 0.1) is 17.8 Å². The highest BCUT2D eigenvalue weighted by Crippen LogP contribution is 2.23. The van der Waals surface area contributed by atoms with Gasteiger partial charge in [0.2, 0.25) is 10.0 Å². The smallest absolute Gasteiger partial charge is 0.243 e. The highest BCUT2D eigenvalue weighted by atomic mass is 32.2. The Morgan fingerprint density at radius 1 is 1.23 bits per heavy atom. The van der Waals surface area contributed by atoms with Crippen molar-refractivity contribution >= 4 is 10.0 Å². The van der Waals surface area contributed by atoms with Gasteiger partial charge in [0.25, 0.3) is 0 Å². The van der Waals surface area contributed by atoms with Crippen LogP contribution in [-0.2, 0) is 10.0 Å². The van der Waals surface area contributed by atoms with Crippen LogP contribution in [0.15, 0.2) is 35.2 Å². The maximum Gasteiger partial charge on any atom is 0.243 e. The zero-order valence-corrected chi connectivity index (χ0v) is 14.1. The first kappa shape index (κ1) is 17.4. The monoisotopic (exact) mass is 326 g/mol. The zero-order chi connectivity index (χ0) is 16.2. The average Bonchev–Trinajstić information content (AvgIpc) is 2.94. The minimum Gasteiger partial charge on any atom is -0.396 e. The number of hydrogen-bond acceptors (Lipinski definition) is 4. The maximum absolute atomic E-state index is 12.9. The summed E-state index contributed by atoms with van der Waals surface area (Å²) >= 11 is 0. The molecule has 0 unspecified atom stereocenters. The summed E-state index contributed by atoms with van der Waals surface area (Å²) in [6, 6.07) is 8.58. The van der Waals surface area contributed by atoms with Crippen molar-refractivity contribution in [1.82, 2.24) is 9.62 Å². The lowest BCUT2D eigenvalue weighted by molar-refractivity contribution is 0.187. The van der Waals surface area contributed by atoms with Gasteiger partial charge in [-0.2, -0.15) is 4.31 Å². The van der Waals surface area contributed by atoms with Crippen molar-refractivity contribution in [3.8, 4) is 0 Å². The molecule has 124 valence electrons. The number of hydrogen-bond donors (Lipinski definition) is 2. The SMILES string of the molecule is CC(C)CN(C[C@@H]1CNC[C@H]1CO)S(=O)(=O)c1ccccc1. The van der Waals surface area contributed by atoms with Crippen LogP contribution >= 0.6 is 0 Å². The van der Waals surface area contributed by atoms with Crippen molar-refractivity contribution in [2.45, 2.75) is 18.7 Å². The second-order valence-electron chi connectivity index (χ2n) is 6.39. The topological polar surface area (TPSA) is 69.6 Å². The third kappa shape index (κ3) is 4.07. The molecular weight excluding hydrogens is 300 g/mol. The number of nitrogens with zero attached hydrogens (tertiary/aromatic N) is 1. The molecule has 22 heavy (non-hydrogen) atoms. The molecule has 1 aromatic carbocycles. The van der Waals surface area contributed by atoms with Gasteiger partial charge < -0.3 is 10.4 Å². The van der Waals surface area contributed by atoms with Gasteiger partial charge in [-0.3, -0.25) is 0 Å². The van der Waals surface area contributed by atoms with Crippen molar-refractivity contribution < 1.29 is 13.5 Å². The van der Waals surface area contributed by atoms with E-state index in [9.17, 15) is 13.5 Å². The molecule has 1 aliphatic heterocycles. The lowest BCUT2D eigenvalue weighted by Crippen LogP contribution is -2.40. The number of aliphatic hydroxyl groups excluding tert-OH is 1. The summed E-state index contributed by atoms with van der Waals surface area (Å²) in [7, 11) is -3.49. The Morgan fingerprint density at radius 2 is 1.86 bits per heavy atom. The molecule has 5 nitrogen and oxygen atoms in total. The van der Waals surface area contributed by atoms with E-state index >= 15 is 0 Å². The average molecular weight is 326 g/mol. The second kappa shape index (κ2) is 7.55. The largest absolute Gasteiger partial charge is 0.396 e.